The van der Waals surface area contributed by atoms with Gasteiger partial charge in [0.2, 0.25) is 0 Å². The number of carbonyl (C=O) groups is 2. The molecule has 23 heavy (non-hydrogen) atoms. The molecule has 0 aliphatic rings. The highest BCUT2D eigenvalue weighted by Gasteiger charge is 2.08. The third-order valence-electron chi connectivity index (χ3n) is 3.66. The topological polar surface area (TPSA) is 54.4 Å². The zero-order valence-electron chi connectivity index (χ0n) is 12.4. The second kappa shape index (κ2) is 6.18. The number of benzene rings is 2. The fourth-order valence-corrected chi connectivity index (χ4v) is 3.15. The molecule has 0 atom stereocenters. The summed E-state index contributed by atoms with van der Waals surface area (Å²) in [6.07, 6.45) is 0.849. The number of Topliss-reactive ketones (excluding diaryl/α,β-unsaturated/α-hetero) is 1. The molecule has 1 N–H and O–H groups in total. The van der Waals surface area contributed by atoms with Gasteiger partial charge in [0.25, 0.3) is 0 Å². The van der Waals surface area contributed by atoms with E-state index in [1.807, 2.05) is 41.8 Å². The van der Waals surface area contributed by atoms with Crippen LogP contribution in [0.4, 0.5) is 0 Å². The van der Waals surface area contributed by atoms with Crippen LogP contribution in [0.1, 0.15) is 27.0 Å². The molecule has 0 aliphatic heterocycles. The van der Waals surface area contributed by atoms with Gasteiger partial charge in [0.1, 0.15) is 5.75 Å². The Morgan fingerprint density at radius 3 is 2.09 bits per heavy atom. The zero-order valence-corrected chi connectivity index (χ0v) is 13.3. The van der Waals surface area contributed by atoms with Crippen LogP contribution in [0.15, 0.2) is 53.9 Å². The maximum Gasteiger partial charge on any atom is 0.163 e. The number of ketones is 1. The molecular weight excluding hydrogens is 308 g/mol. The van der Waals surface area contributed by atoms with Gasteiger partial charge < -0.3 is 5.11 Å². The van der Waals surface area contributed by atoms with Crippen molar-refractivity contribution in [2.24, 2.45) is 0 Å². The Bertz CT molecular complexity index is 876. The number of rotatable bonds is 4. The molecule has 1 aromatic heterocycles. The molecule has 2 aromatic carbocycles. The third-order valence-corrected chi connectivity index (χ3v) is 4.52. The predicted molar refractivity (Wildman–Crippen MR) is 92.2 cm³/mol. The van der Waals surface area contributed by atoms with Crippen LogP contribution >= 0.6 is 11.3 Å². The summed E-state index contributed by atoms with van der Waals surface area (Å²) in [5.74, 6) is -0.166. The van der Waals surface area contributed by atoms with Crippen LogP contribution in [-0.4, -0.2) is 17.2 Å². The molecule has 0 bridgehead atoms. The largest absolute Gasteiger partial charge is 0.507 e. The van der Waals surface area contributed by atoms with E-state index in [2.05, 4.69) is 0 Å². The number of thiophene rings is 1. The minimum atomic E-state index is -0.159. The van der Waals surface area contributed by atoms with Crippen molar-refractivity contribution in [3.8, 4) is 28.0 Å². The van der Waals surface area contributed by atoms with Gasteiger partial charge in [-0.15, -0.1) is 11.3 Å². The van der Waals surface area contributed by atoms with Crippen molar-refractivity contribution in [1.82, 2.24) is 0 Å². The average molecular weight is 322 g/mol. The van der Waals surface area contributed by atoms with Crippen molar-refractivity contribution < 1.29 is 14.7 Å². The maximum absolute atomic E-state index is 11.4. The number of aromatic hydroxyl groups is 1. The van der Waals surface area contributed by atoms with Gasteiger partial charge in [-0.25, -0.2) is 0 Å². The lowest BCUT2D eigenvalue weighted by Gasteiger charge is -2.06. The lowest BCUT2D eigenvalue weighted by atomic mass is 9.99. The quantitative estimate of drug-likeness (QED) is 0.554. The van der Waals surface area contributed by atoms with E-state index in [0.29, 0.717) is 10.4 Å². The van der Waals surface area contributed by atoms with Gasteiger partial charge in [-0.05, 0) is 52.8 Å². The zero-order chi connectivity index (χ0) is 16.4. The lowest BCUT2D eigenvalue weighted by molar-refractivity contribution is 0.101. The average Bonchev–Trinajstić information content (AvgIpc) is 3.03. The Balaban J connectivity index is 1.91. The first-order chi connectivity index (χ1) is 11.1. The number of aldehydes is 1. The molecule has 3 aromatic rings. The number of phenolic OH excluding ortho intramolecular Hbond substituents is 1. The van der Waals surface area contributed by atoms with Crippen LogP contribution in [0.5, 0.6) is 5.75 Å². The number of carbonyl (C=O) groups excluding carboxylic acids is 2. The molecule has 3 nitrogen and oxygen atoms in total. The van der Waals surface area contributed by atoms with Crippen LogP contribution in [0.2, 0.25) is 0 Å². The molecule has 0 radical (unpaired) electrons. The summed E-state index contributed by atoms with van der Waals surface area (Å²) in [5.41, 5.74) is 4.16. The normalized spacial score (nSPS) is 10.5. The van der Waals surface area contributed by atoms with Gasteiger partial charge in [0.05, 0.1) is 10.4 Å². The molecule has 114 valence electrons. The van der Waals surface area contributed by atoms with E-state index >= 15 is 0 Å². The van der Waals surface area contributed by atoms with E-state index in [-0.39, 0.29) is 11.5 Å². The molecule has 0 spiro atoms. The van der Waals surface area contributed by atoms with E-state index in [0.717, 1.165) is 28.5 Å². The summed E-state index contributed by atoms with van der Waals surface area (Å²) in [6, 6.07) is 14.8. The minimum Gasteiger partial charge on any atom is -0.507 e. The Kier molecular flexibility index (Phi) is 4.08. The molecule has 1 heterocycles. The molecular formula is C19H14O3S. The monoisotopic (exact) mass is 322 g/mol. The molecule has 0 unspecified atom stereocenters. The number of hydrogen-bond donors (Lipinski definition) is 1. The van der Waals surface area contributed by atoms with E-state index < -0.39 is 0 Å². The van der Waals surface area contributed by atoms with Gasteiger partial charge in [0.15, 0.2) is 12.1 Å². The van der Waals surface area contributed by atoms with Crippen LogP contribution < -0.4 is 0 Å². The summed E-state index contributed by atoms with van der Waals surface area (Å²) in [5, 5.41) is 11.9. The van der Waals surface area contributed by atoms with Crippen LogP contribution in [0.25, 0.3) is 22.3 Å². The summed E-state index contributed by atoms with van der Waals surface area (Å²) >= 11 is 1.42. The highest BCUT2D eigenvalue weighted by atomic mass is 32.1. The molecule has 0 amide bonds. The smallest absolute Gasteiger partial charge is 0.163 e. The second-order valence-corrected chi connectivity index (χ2v) is 6.16. The summed E-state index contributed by atoms with van der Waals surface area (Å²) in [7, 11) is 0. The minimum absolute atomic E-state index is 0.00691. The van der Waals surface area contributed by atoms with Gasteiger partial charge in [-0.3, -0.25) is 9.59 Å². The van der Waals surface area contributed by atoms with Gasteiger partial charge in [0, 0.05) is 0 Å². The first-order valence-corrected chi connectivity index (χ1v) is 7.95. The Morgan fingerprint density at radius 2 is 1.57 bits per heavy atom. The Hall–Kier alpha value is -2.72. The second-order valence-electron chi connectivity index (χ2n) is 5.22. The Labute approximate surface area is 137 Å². The molecule has 0 saturated carbocycles. The van der Waals surface area contributed by atoms with Crippen LogP contribution in [0, 0.1) is 0 Å². The molecule has 0 aliphatic carbocycles. The summed E-state index contributed by atoms with van der Waals surface area (Å²) < 4.78 is 0. The molecule has 0 fully saturated rings. The van der Waals surface area contributed by atoms with Crippen LogP contribution in [-0.2, 0) is 0 Å². The lowest BCUT2D eigenvalue weighted by Crippen LogP contribution is -1.92. The Morgan fingerprint density at radius 1 is 0.957 bits per heavy atom. The van der Waals surface area contributed by atoms with Crippen molar-refractivity contribution >= 4 is 23.4 Å². The van der Waals surface area contributed by atoms with Gasteiger partial charge in [-0.2, -0.15) is 0 Å². The van der Waals surface area contributed by atoms with E-state index in [9.17, 15) is 14.7 Å². The third kappa shape index (κ3) is 3.07. The van der Waals surface area contributed by atoms with Crippen molar-refractivity contribution in [3.63, 3.8) is 0 Å². The van der Waals surface area contributed by atoms with Gasteiger partial charge >= 0.3 is 0 Å². The SMILES string of the molecule is CC(=O)c1ccc(-c2ccc(-c3csc(C=O)c3)cc2)cc1O. The van der Waals surface area contributed by atoms with Gasteiger partial charge in [-0.1, -0.05) is 30.3 Å². The van der Waals surface area contributed by atoms with Crippen molar-refractivity contribution in [1.29, 1.82) is 0 Å². The summed E-state index contributed by atoms with van der Waals surface area (Å²) in [4.78, 5) is 22.8. The van der Waals surface area contributed by atoms with Crippen molar-refractivity contribution in [2.45, 2.75) is 6.92 Å². The van der Waals surface area contributed by atoms with Crippen molar-refractivity contribution in [3.05, 3.63) is 64.4 Å². The first-order valence-electron chi connectivity index (χ1n) is 7.07. The molecule has 0 saturated heterocycles. The molecule has 3 rings (SSSR count). The standard InChI is InChI=1S/C19H14O3S/c1-12(21)18-7-6-15(9-19(18)22)13-2-4-14(5-3-13)16-8-17(10-20)23-11-16/h2-11,22H,1H3. The highest BCUT2D eigenvalue weighted by molar-refractivity contribution is 7.12. The maximum atomic E-state index is 11.4. The first kappa shape index (κ1) is 15.2. The fraction of sp³-hybridized carbons (Fsp3) is 0.0526. The predicted octanol–water partition coefficient (Wildman–Crippen LogP) is 4.80. The molecule has 4 heteroatoms. The van der Waals surface area contributed by atoms with E-state index in [1.54, 1.807) is 12.1 Å². The number of hydrogen-bond acceptors (Lipinski definition) is 4. The summed E-state index contributed by atoms with van der Waals surface area (Å²) in [6.45, 7) is 1.43. The highest BCUT2D eigenvalue weighted by Crippen LogP contribution is 2.30. The van der Waals surface area contributed by atoms with Crippen molar-refractivity contribution in [2.75, 3.05) is 0 Å². The van der Waals surface area contributed by atoms with E-state index in [1.165, 1.54) is 18.3 Å². The number of phenols is 1. The fourth-order valence-electron chi connectivity index (χ4n) is 2.43. The van der Waals surface area contributed by atoms with E-state index in [4.69, 9.17) is 0 Å². The van der Waals surface area contributed by atoms with Crippen LogP contribution in [0.3, 0.4) is 0 Å².